The molecule has 2 heterocycles. The zero-order valence-electron chi connectivity index (χ0n) is 11.0. The van der Waals surface area contributed by atoms with E-state index in [4.69, 9.17) is 15.6 Å². The van der Waals surface area contributed by atoms with Crippen LogP contribution >= 0.6 is 0 Å². The third-order valence-corrected chi connectivity index (χ3v) is 3.17. The standard InChI is InChI=1S/C13H15N5O2/c1-20-13-15-10-11(14)16-17-12(10)18(13)6-8-2-4-9(7-19)5-3-8/h2-5,19H,6-7H2,1H3,(H3,14,16,17). The molecule has 2 aromatic heterocycles. The highest BCUT2D eigenvalue weighted by Crippen LogP contribution is 2.24. The molecule has 3 rings (SSSR count). The molecule has 3 aromatic rings. The number of H-pyrrole nitrogens is 1. The fourth-order valence-corrected chi connectivity index (χ4v) is 2.12. The molecule has 104 valence electrons. The Bertz CT molecular complexity index is 729. The summed E-state index contributed by atoms with van der Waals surface area (Å²) in [7, 11) is 1.56. The van der Waals surface area contributed by atoms with Crippen LogP contribution in [0, 0.1) is 0 Å². The molecule has 20 heavy (non-hydrogen) atoms. The Morgan fingerprint density at radius 3 is 2.65 bits per heavy atom. The van der Waals surface area contributed by atoms with Gasteiger partial charge in [0.1, 0.15) is 5.82 Å². The largest absolute Gasteiger partial charge is 0.468 e. The van der Waals surface area contributed by atoms with E-state index >= 15 is 0 Å². The Kier molecular flexibility index (Phi) is 3.03. The maximum Gasteiger partial charge on any atom is 0.298 e. The highest BCUT2D eigenvalue weighted by atomic mass is 16.5. The maximum atomic E-state index is 9.05. The van der Waals surface area contributed by atoms with Crippen LogP contribution in [0.5, 0.6) is 6.01 Å². The number of aliphatic hydroxyl groups excluding tert-OH is 1. The summed E-state index contributed by atoms with van der Waals surface area (Å²) >= 11 is 0. The third kappa shape index (κ3) is 1.97. The monoisotopic (exact) mass is 273 g/mol. The van der Waals surface area contributed by atoms with Crippen LogP contribution < -0.4 is 10.5 Å². The van der Waals surface area contributed by atoms with Crippen molar-refractivity contribution < 1.29 is 9.84 Å². The summed E-state index contributed by atoms with van der Waals surface area (Å²) in [4.78, 5) is 4.30. The first-order valence-corrected chi connectivity index (χ1v) is 6.15. The summed E-state index contributed by atoms with van der Waals surface area (Å²) in [6, 6.07) is 8.14. The van der Waals surface area contributed by atoms with Crippen LogP contribution in [0.1, 0.15) is 11.1 Å². The van der Waals surface area contributed by atoms with Gasteiger partial charge < -0.3 is 15.6 Å². The smallest absolute Gasteiger partial charge is 0.298 e. The lowest BCUT2D eigenvalue weighted by Gasteiger charge is -2.07. The number of ether oxygens (including phenoxy) is 1. The van der Waals surface area contributed by atoms with Crippen LogP contribution in [0.2, 0.25) is 0 Å². The minimum atomic E-state index is 0.0365. The van der Waals surface area contributed by atoms with Crippen LogP contribution in [0.15, 0.2) is 24.3 Å². The zero-order chi connectivity index (χ0) is 14.1. The number of anilines is 1. The van der Waals surface area contributed by atoms with Crippen LogP contribution in [0.4, 0.5) is 5.82 Å². The van der Waals surface area contributed by atoms with E-state index in [2.05, 4.69) is 15.2 Å². The summed E-state index contributed by atoms with van der Waals surface area (Å²) in [6.45, 7) is 0.602. The van der Waals surface area contributed by atoms with E-state index in [1.165, 1.54) is 0 Å². The molecule has 0 saturated heterocycles. The fraction of sp³-hybridized carbons (Fsp3) is 0.231. The van der Waals surface area contributed by atoms with Crippen LogP contribution in [0.3, 0.4) is 0 Å². The Morgan fingerprint density at radius 2 is 2.00 bits per heavy atom. The number of hydrogen-bond acceptors (Lipinski definition) is 5. The molecule has 0 aliphatic heterocycles. The molecular formula is C13H15N5O2. The SMILES string of the molecule is COc1nc2c(N)[nH]nc2n1Cc1ccc(CO)cc1. The summed E-state index contributed by atoms with van der Waals surface area (Å²) in [5.74, 6) is 0.424. The molecule has 0 amide bonds. The summed E-state index contributed by atoms with van der Waals surface area (Å²) in [5, 5.41) is 15.9. The maximum absolute atomic E-state index is 9.05. The average molecular weight is 273 g/mol. The highest BCUT2D eigenvalue weighted by Gasteiger charge is 2.16. The van der Waals surface area contributed by atoms with Gasteiger partial charge in [0.2, 0.25) is 0 Å². The Balaban J connectivity index is 1.99. The number of fused-ring (bicyclic) bond motifs is 1. The van der Waals surface area contributed by atoms with E-state index in [1.54, 1.807) is 7.11 Å². The molecule has 1 aromatic carbocycles. The van der Waals surface area contributed by atoms with E-state index in [-0.39, 0.29) is 6.61 Å². The van der Waals surface area contributed by atoms with Gasteiger partial charge in [-0.25, -0.2) is 0 Å². The molecule has 0 saturated carbocycles. The molecular weight excluding hydrogens is 258 g/mol. The van der Waals surface area contributed by atoms with E-state index < -0.39 is 0 Å². The second-order valence-corrected chi connectivity index (χ2v) is 4.47. The predicted molar refractivity (Wildman–Crippen MR) is 74.3 cm³/mol. The fourth-order valence-electron chi connectivity index (χ4n) is 2.12. The van der Waals surface area contributed by atoms with E-state index in [9.17, 15) is 0 Å². The number of nitrogens with zero attached hydrogens (tertiary/aromatic N) is 3. The van der Waals surface area contributed by atoms with Crippen molar-refractivity contribution in [3.8, 4) is 6.01 Å². The molecule has 0 fully saturated rings. The van der Waals surface area contributed by atoms with E-state index in [1.807, 2.05) is 28.8 Å². The molecule has 0 unspecified atom stereocenters. The number of rotatable bonds is 4. The predicted octanol–water partition coefficient (Wildman–Crippen LogP) is 0.891. The van der Waals surface area contributed by atoms with E-state index in [0.29, 0.717) is 29.5 Å². The highest BCUT2D eigenvalue weighted by molar-refractivity contribution is 5.83. The topological polar surface area (TPSA) is 102 Å². The van der Waals surface area contributed by atoms with Crippen LogP contribution in [0.25, 0.3) is 11.2 Å². The first-order chi connectivity index (χ1) is 9.72. The number of methoxy groups -OCH3 is 1. The van der Waals surface area contributed by atoms with Crippen molar-refractivity contribution in [2.45, 2.75) is 13.2 Å². The number of nitrogens with two attached hydrogens (primary N) is 1. The van der Waals surface area contributed by atoms with Gasteiger partial charge in [-0.2, -0.15) is 10.1 Å². The number of aromatic amines is 1. The van der Waals surface area contributed by atoms with Crippen molar-refractivity contribution in [1.29, 1.82) is 0 Å². The molecule has 0 spiro atoms. The molecule has 7 heteroatoms. The van der Waals surface area contributed by atoms with Gasteiger partial charge in [0.25, 0.3) is 6.01 Å². The number of imidazole rings is 1. The second-order valence-electron chi connectivity index (χ2n) is 4.47. The van der Waals surface area contributed by atoms with Gasteiger partial charge in [-0.15, -0.1) is 0 Å². The number of nitrogen functional groups attached to an aromatic ring is 1. The Labute approximate surface area is 115 Å². The number of nitrogens with one attached hydrogen (secondary N) is 1. The van der Waals surface area contributed by atoms with Crippen molar-refractivity contribution in [2.75, 3.05) is 12.8 Å². The van der Waals surface area contributed by atoms with Gasteiger partial charge in [0.05, 0.1) is 20.3 Å². The number of benzene rings is 1. The molecule has 0 aliphatic rings. The van der Waals surface area contributed by atoms with Gasteiger partial charge in [-0.3, -0.25) is 9.67 Å². The van der Waals surface area contributed by atoms with Gasteiger partial charge in [0.15, 0.2) is 11.2 Å². The minimum Gasteiger partial charge on any atom is -0.468 e. The van der Waals surface area contributed by atoms with Crippen LogP contribution in [-0.2, 0) is 13.2 Å². The lowest BCUT2D eigenvalue weighted by molar-refractivity contribution is 0.282. The number of hydrogen-bond donors (Lipinski definition) is 3. The summed E-state index contributed by atoms with van der Waals surface area (Å²) in [5.41, 5.74) is 8.96. The third-order valence-electron chi connectivity index (χ3n) is 3.17. The van der Waals surface area contributed by atoms with Gasteiger partial charge in [-0.1, -0.05) is 24.3 Å². The van der Waals surface area contributed by atoms with Crippen molar-refractivity contribution in [2.24, 2.45) is 0 Å². The molecule has 0 aliphatic carbocycles. The lowest BCUT2D eigenvalue weighted by Crippen LogP contribution is -2.03. The van der Waals surface area contributed by atoms with E-state index in [0.717, 1.165) is 11.1 Å². The Hall–Kier alpha value is -2.54. The van der Waals surface area contributed by atoms with Crippen molar-refractivity contribution >= 4 is 17.0 Å². The van der Waals surface area contributed by atoms with Gasteiger partial charge in [-0.05, 0) is 11.1 Å². The van der Waals surface area contributed by atoms with Gasteiger partial charge in [0, 0.05) is 0 Å². The Morgan fingerprint density at radius 1 is 1.30 bits per heavy atom. The molecule has 0 atom stereocenters. The second kappa shape index (κ2) is 4.86. The first-order valence-electron chi connectivity index (χ1n) is 6.15. The number of aliphatic hydroxyl groups is 1. The lowest BCUT2D eigenvalue weighted by atomic mass is 10.1. The minimum absolute atomic E-state index is 0.0365. The van der Waals surface area contributed by atoms with Crippen molar-refractivity contribution in [1.82, 2.24) is 19.7 Å². The molecule has 0 bridgehead atoms. The summed E-state index contributed by atoms with van der Waals surface area (Å²) in [6.07, 6.45) is 0. The van der Waals surface area contributed by atoms with Crippen molar-refractivity contribution in [3.05, 3.63) is 35.4 Å². The van der Waals surface area contributed by atoms with Crippen LogP contribution in [-0.4, -0.2) is 32.0 Å². The summed E-state index contributed by atoms with van der Waals surface area (Å²) < 4.78 is 7.11. The molecule has 4 N–H and O–H groups in total. The van der Waals surface area contributed by atoms with Gasteiger partial charge >= 0.3 is 0 Å². The quantitative estimate of drug-likeness (QED) is 0.655. The zero-order valence-corrected chi connectivity index (χ0v) is 11.0. The average Bonchev–Trinajstić information content (AvgIpc) is 3.01. The molecule has 7 nitrogen and oxygen atoms in total. The normalized spacial score (nSPS) is 11.1. The number of aromatic nitrogens is 4. The first kappa shape index (κ1) is 12.5. The van der Waals surface area contributed by atoms with Crippen molar-refractivity contribution in [3.63, 3.8) is 0 Å². The molecule has 0 radical (unpaired) electrons.